The molecule has 3 amide bonds. The Bertz CT molecular complexity index is 669. The molecule has 7 heteroatoms. The van der Waals surface area contributed by atoms with Crippen LogP contribution in [0.25, 0.3) is 0 Å². The average molecular weight is 300 g/mol. The minimum Gasteiger partial charge on any atom is -0.342 e. The van der Waals surface area contributed by atoms with Crippen molar-refractivity contribution < 1.29 is 14.4 Å². The van der Waals surface area contributed by atoms with Crippen molar-refractivity contribution in [3.63, 3.8) is 0 Å². The lowest BCUT2D eigenvalue weighted by molar-refractivity contribution is -0.122. The molecule has 0 spiro atoms. The highest BCUT2D eigenvalue weighted by molar-refractivity contribution is 6.39. The van der Waals surface area contributed by atoms with Gasteiger partial charge in [0.1, 0.15) is 5.71 Å². The second-order valence-electron chi connectivity index (χ2n) is 5.20. The van der Waals surface area contributed by atoms with Gasteiger partial charge in [-0.3, -0.25) is 14.4 Å². The number of carbonyl (C=O) groups is 3. The van der Waals surface area contributed by atoms with Gasteiger partial charge in [0.2, 0.25) is 11.8 Å². The van der Waals surface area contributed by atoms with Crippen molar-refractivity contribution >= 4 is 29.1 Å². The molecule has 3 rings (SSSR count). The van der Waals surface area contributed by atoms with Gasteiger partial charge in [0.15, 0.2) is 0 Å². The van der Waals surface area contributed by atoms with Crippen LogP contribution >= 0.6 is 0 Å². The lowest BCUT2D eigenvalue weighted by Gasteiger charge is -2.18. The fourth-order valence-corrected chi connectivity index (χ4v) is 2.59. The van der Waals surface area contributed by atoms with E-state index in [9.17, 15) is 14.4 Å². The minimum atomic E-state index is -0.416. The summed E-state index contributed by atoms with van der Waals surface area (Å²) in [5.74, 6) is -0.777. The molecule has 2 aliphatic heterocycles. The zero-order chi connectivity index (χ0) is 15.5. The highest BCUT2D eigenvalue weighted by Crippen LogP contribution is 2.27. The SMILES string of the molecule is O=C1CCC(C(=O)NCC(=O)N2CCc3ccccc32)=NN1. The molecule has 1 aromatic rings. The Morgan fingerprint density at radius 2 is 2.05 bits per heavy atom. The van der Waals surface area contributed by atoms with Gasteiger partial charge in [-0.1, -0.05) is 18.2 Å². The van der Waals surface area contributed by atoms with Gasteiger partial charge in [-0.25, -0.2) is 5.43 Å². The van der Waals surface area contributed by atoms with E-state index in [4.69, 9.17) is 0 Å². The number of anilines is 1. The first kappa shape index (κ1) is 14.2. The molecule has 1 aromatic carbocycles. The Balaban J connectivity index is 1.57. The monoisotopic (exact) mass is 300 g/mol. The summed E-state index contributed by atoms with van der Waals surface area (Å²) in [6.07, 6.45) is 1.35. The van der Waals surface area contributed by atoms with Crippen LogP contribution in [-0.2, 0) is 20.8 Å². The molecule has 0 aromatic heterocycles. The lowest BCUT2D eigenvalue weighted by atomic mass is 10.1. The van der Waals surface area contributed by atoms with E-state index in [2.05, 4.69) is 15.8 Å². The van der Waals surface area contributed by atoms with Crippen molar-refractivity contribution in [1.82, 2.24) is 10.7 Å². The van der Waals surface area contributed by atoms with E-state index in [0.29, 0.717) is 13.0 Å². The predicted molar refractivity (Wildman–Crippen MR) is 80.3 cm³/mol. The van der Waals surface area contributed by atoms with Crippen molar-refractivity contribution in [1.29, 1.82) is 0 Å². The maximum absolute atomic E-state index is 12.2. The number of hydrazone groups is 1. The fourth-order valence-electron chi connectivity index (χ4n) is 2.59. The van der Waals surface area contributed by atoms with E-state index in [1.165, 1.54) is 0 Å². The van der Waals surface area contributed by atoms with Gasteiger partial charge in [0.25, 0.3) is 5.91 Å². The number of hydrogen-bond donors (Lipinski definition) is 2. The van der Waals surface area contributed by atoms with Crippen LogP contribution in [0.4, 0.5) is 5.69 Å². The van der Waals surface area contributed by atoms with Crippen molar-refractivity contribution in [2.75, 3.05) is 18.0 Å². The summed E-state index contributed by atoms with van der Waals surface area (Å²) < 4.78 is 0. The molecule has 0 saturated carbocycles. The molecule has 2 heterocycles. The Labute approximate surface area is 127 Å². The Morgan fingerprint density at radius 3 is 2.82 bits per heavy atom. The van der Waals surface area contributed by atoms with Crippen LogP contribution < -0.4 is 15.6 Å². The number of rotatable bonds is 3. The maximum atomic E-state index is 12.2. The first-order valence-corrected chi connectivity index (χ1v) is 7.17. The zero-order valence-electron chi connectivity index (χ0n) is 12.0. The normalized spacial score (nSPS) is 16.6. The van der Waals surface area contributed by atoms with Gasteiger partial charge in [-0.2, -0.15) is 5.10 Å². The van der Waals surface area contributed by atoms with Gasteiger partial charge in [0.05, 0.1) is 6.54 Å². The molecular formula is C15H16N4O3. The molecule has 2 aliphatic rings. The molecule has 0 fully saturated rings. The van der Waals surface area contributed by atoms with E-state index in [1.807, 2.05) is 24.3 Å². The van der Waals surface area contributed by atoms with Gasteiger partial charge >= 0.3 is 0 Å². The Hall–Kier alpha value is -2.70. The van der Waals surface area contributed by atoms with Crippen LogP contribution in [0.5, 0.6) is 0 Å². The minimum absolute atomic E-state index is 0.0832. The second kappa shape index (κ2) is 5.97. The number of para-hydroxylation sites is 1. The summed E-state index contributed by atoms with van der Waals surface area (Å²) in [6.45, 7) is 0.547. The third-order valence-corrected chi connectivity index (χ3v) is 3.75. The summed E-state index contributed by atoms with van der Waals surface area (Å²) in [5, 5.41) is 6.26. The number of nitrogens with zero attached hydrogens (tertiary/aromatic N) is 2. The summed E-state index contributed by atoms with van der Waals surface area (Å²) in [4.78, 5) is 36.8. The number of benzene rings is 1. The Kier molecular flexibility index (Phi) is 3.86. The molecular weight excluding hydrogens is 284 g/mol. The molecule has 2 N–H and O–H groups in total. The maximum Gasteiger partial charge on any atom is 0.267 e. The molecule has 0 bridgehead atoms. The lowest BCUT2D eigenvalue weighted by Crippen LogP contribution is -2.43. The summed E-state index contributed by atoms with van der Waals surface area (Å²) >= 11 is 0. The topological polar surface area (TPSA) is 90.9 Å². The first-order valence-electron chi connectivity index (χ1n) is 7.17. The highest BCUT2D eigenvalue weighted by Gasteiger charge is 2.25. The number of carbonyl (C=O) groups excluding carboxylic acids is 3. The van der Waals surface area contributed by atoms with Crippen LogP contribution in [0.2, 0.25) is 0 Å². The highest BCUT2D eigenvalue weighted by atomic mass is 16.2. The van der Waals surface area contributed by atoms with Gasteiger partial charge in [-0.05, 0) is 18.1 Å². The van der Waals surface area contributed by atoms with Gasteiger partial charge in [0, 0.05) is 25.1 Å². The van der Waals surface area contributed by atoms with Crippen molar-refractivity contribution in [3.8, 4) is 0 Å². The van der Waals surface area contributed by atoms with Gasteiger partial charge < -0.3 is 10.2 Å². The summed E-state index contributed by atoms with van der Waals surface area (Å²) in [6, 6.07) is 7.75. The van der Waals surface area contributed by atoms with E-state index in [0.717, 1.165) is 17.7 Å². The van der Waals surface area contributed by atoms with Gasteiger partial charge in [-0.15, -0.1) is 0 Å². The van der Waals surface area contributed by atoms with E-state index in [1.54, 1.807) is 4.90 Å². The standard InChI is InChI=1S/C15H16N4O3/c20-13-6-5-11(17-18-13)15(22)16-9-14(21)19-8-7-10-3-1-2-4-12(10)19/h1-4H,5-9H2,(H,16,22)(H,18,20). The number of nitrogens with one attached hydrogen (secondary N) is 2. The largest absolute Gasteiger partial charge is 0.342 e. The van der Waals surface area contributed by atoms with Crippen molar-refractivity contribution in [2.45, 2.75) is 19.3 Å². The molecule has 0 radical (unpaired) electrons. The molecule has 114 valence electrons. The molecule has 7 nitrogen and oxygen atoms in total. The first-order chi connectivity index (χ1) is 10.6. The third-order valence-electron chi connectivity index (χ3n) is 3.75. The summed E-state index contributed by atoms with van der Waals surface area (Å²) in [5.41, 5.74) is 4.55. The second-order valence-corrected chi connectivity index (χ2v) is 5.20. The quantitative estimate of drug-likeness (QED) is 0.820. The van der Waals surface area contributed by atoms with E-state index in [-0.39, 0.29) is 30.5 Å². The Morgan fingerprint density at radius 1 is 1.23 bits per heavy atom. The molecule has 0 aliphatic carbocycles. The molecule has 0 saturated heterocycles. The van der Waals surface area contributed by atoms with E-state index < -0.39 is 5.91 Å². The molecule has 22 heavy (non-hydrogen) atoms. The smallest absolute Gasteiger partial charge is 0.267 e. The van der Waals surface area contributed by atoms with Crippen LogP contribution in [0.15, 0.2) is 29.4 Å². The van der Waals surface area contributed by atoms with Crippen LogP contribution in [0, 0.1) is 0 Å². The molecule has 0 atom stereocenters. The van der Waals surface area contributed by atoms with Crippen LogP contribution in [0.1, 0.15) is 18.4 Å². The van der Waals surface area contributed by atoms with Crippen molar-refractivity contribution in [3.05, 3.63) is 29.8 Å². The average Bonchev–Trinajstić information content (AvgIpc) is 2.97. The zero-order valence-corrected chi connectivity index (χ0v) is 12.0. The van der Waals surface area contributed by atoms with Crippen molar-refractivity contribution in [2.24, 2.45) is 5.10 Å². The number of amides is 3. The number of fused-ring (bicyclic) bond motifs is 1. The predicted octanol–water partition coefficient (Wildman–Crippen LogP) is -0.0421. The number of hydrogen-bond acceptors (Lipinski definition) is 4. The fraction of sp³-hybridized carbons (Fsp3) is 0.333. The molecule has 0 unspecified atom stereocenters. The summed E-state index contributed by atoms with van der Waals surface area (Å²) in [7, 11) is 0. The van der Waals surface area contributed by atoms with E-state index >= 15 is 0 Å². The third kappa shape index (κ3) is 2.83. The van der Waals surface area contributed by atoms with Crippen LogP contribution in [-0.4, -0.2) is 36.5 Å². The van der Waals surface area contributed by atoms with Crippen LogP contribution in [0.3, 0.4) is 0 Å².